The van der Waals surface area contributed by atoms with Crippen molar-refractivity contribution in [3.63, 3.8) is 0 Å². The van der Waals surface area contributed by atoms with Crippen molar-refractivity contribution in [2.24, 2.45) is 0 Å². The predicted molar refractivity (Wildman–Crippen MR) is 72.5 cm³/mol. The maximum Gasteiger partial charge on any atom is 0.288 e. The van der Waals surface area contributed by atoms with Crippen LogP contribution in [-0.2, 0) is 0 Å². The third-order valence-electron chi connectivity index (χ3n) is 3.17. The van der Waals surface area contributed by atoms with Gasteiger partial charge in [0.15, 0.2) is 0 Å². The van der Waals surface area contributed by atoms with Gasteiger partial charge in [-0.1, -0.05) is 11.6 Å². The molecule has 1 aliphatic heterocycles. The second kappa shape index (κ2) is 5.12. The Morgan fingerprint density at radius 2 is 2.28 bits per heavy atom. The third-order valence-corrected chi connectivity index (χ3v) is 3.47. The molecule has 1 saturated heterocycles. The number of nitro benzene ring substituents is 1. The molecule has 2 rings (SSSR count). The summed E-state index contributed by atoms with van der Waals surface area (Å²) in [5.74, 6) is 0. The van der Waals surface area contributed by atoms with Gasteiger partial charge >= 0.3 is 0 Å². The number of piperazine rings is 1. The molecule has 0 aliphatic carbocycles. The van der Waals surface area contributed by atoms with Gasteiger partial charge in [0.25, 0.3) is 5.69 Å². The Bertz CT molecular complexity index is 479. The molecule has 5 nitrogen and oxygen atoms in total. The monoisotopic (exact) mass is 269 g/mol. The Morgan fingerprint density at radius 3 is 2.89 bits per heavy atom. The zero-order valence-corrected chi connectivity index (χ0v) is 11.2. The van der Waals surface area contributed by atoms with Crippen molar-refractivity contribution < 1.29 is 4.92 Å². The second-order valence-corrected chi connectivity index (χ2v) is 5.06. The average Bonchev–Trinajstić information content (AvgIpc) is 2.31. The van der Waals surface area contributed by atoms with E-state index in [9.17, 15) is 10.1 Å². The van der Waals surface area contributed by atoms with Crippen molar-refractivity contribution in [3.05, 3.63) is 32.8 Å². The number of aryl methyl sites for hydroxylation is 1. The van der Waals surface area contributed by atoms with E-state index in [4.69, 9.17) is 11.6 Å². The van der Waals surface area contributed by atoms with Crippen molar-refractivity contribution in [2.45, 2.75) is 19.9 Å². The molecule has 0 bridgehead atoms. The Hall–Kier alpha value is -1.33. The molecule has 0 amide bonds. The fourth-order valence-electron chi connectivity index (χ4n) is 2.29. The minimum atomic E-state index is -0.445. The van der Waals surface area contributed by atoms with E-state index >= 15 is 0 Å². The summed E-state index contributed by atoms with van der Waals surface area (Å²) in [6.45, 7) is 6.68. The third kappa shape index (κ3) is 2.57. The molecule has 98 valence electrons. The Kier molecular flexibility index (Phi) is 3.73. The molecular weight excluding hydrogens is 254 g/mol. The standard InChI is InChI=1S/C12H16ClN3O2/c1-8-5-12(16(17)18)10(13)6-11(8)15-4-3-14-9(2)7-15/h5-6,9,14H,3-4,7H2,1-2H3. The van der Waals surface area contributed by atoms with E-state index in [1.54, 1.807) is 12.1 Å². The highest BCUT2D eigenvalue weighted by Gasteiger charge is 2.21. The molecule has 1 aromatic rings. The Balaban J connectivity index is 2.34. The van der Waals surface area contributed by atoms with Crippen LogP contribution < -0.4 is 10.2 Å². The Morgan fingerprint density at radius 1 is 1.56 bits per heavy atom. The lowest BCUT2D eigenvalue weighted by atomic mass is 10.1. The Labute approximate surface area is 111 Å². The van der Waals surface area contributed by atoms with Crippen LogP contribution >= 0.6 is 11.6 Å². The van der Waals surface area contributed by atoms with E-state index in [0.29, 0.717) is 6.04 Å². The number of nitro groups is 1. The largest absolute Gasteiger partial charge is 0.368 e. The first-order valence-corrected chi connectivity index (χ1v) is 6.29. The first-order valence-electron chi connectivity index (χ1n) is 5.92. The van der Waals surface area contributed by atoms with Crippen LogP contribution in [0.1, 0.15) is 12.5 Å². The van der Waals surface area contributed by atoms with Crippen molar-refractivity contribution >= 4 is 23.0 Å². The topological polar surface area (TPSA) is 58.4 Å². The minimum Gasteiger partial charge on any atom is -0.368 e. The molecule has 1 heterocycles. The second-order valence-electron chi connectivity index (χ2n) is 4.65. The highest BCUT2D eigenvalue weighted by Crippen LogP contribution is 2.32. The molecule has 6 heteroatoms. The van der Waals surface area contributed by atoms with Crippen molar-refractivity contribution in [1.29, 1.82) is 0 Å². The summed E-state index contributed by atoms with van der Waals surface area (Å²) in [5, 5.41) is 14.4. The zero-order chi connectivity index (χ0) is 13.3. The highest BCUT2D eigenvalue weighted by molar-refractivity contribution is 6.33. The fourth-order valence-corrected chi connectivity index (χ4v) is 2.51. The van der Waals surface area contributed by atoms with E-state index in [-0.39, 0.29) is 10.7 Å². The lowest BCUT2D eigenvalue weighted by Crippen LogP contribution is -2.49. The maximum atomic E-state index is 10.8. The lowest BCUT2D eigenvalue weighted by Gasteiger charge is -2.34. The van der Waals surface area contributed by atoms with Crippen molar-refractivity contribution in [1.82, 2.24) is 5.32 Å². The summed E-state index contributed by atoms with van der Waals surface area (Å²) in [6.07, 6.45) is 0. The van der Waals surface area contributed by atoms with Gasteiger partial charge in [0.1, 0.15) is 5.02 Å². The molecule has 0 aromatic heterocycles. The average molecular weight is 270 g/mol. The van der Waals surface area contributed by atoms with Crippen LogP contribution in [0.4, 0.5) is 11.4 Å². The van der Waals surface area contributed by atoms with Gasteiger partial charge in [-0.15, -0.1) is 0 Å². The summed E-state index contributed by atoms with van der Waals surface area (Å²) in [4.78, 5) is 12.6. The molecular formula is C12H16ClN3O2. The maximum absolute atomic E-state index is 10.8. The molecule has 1 aromatic carbocycles. The van der Waals surface area contributed by atoms with Crippen LogP contribution in [0.25, 0.3) is 0 Å². The number of anilines is 1. The number of hydrogen-bond acceptors (Lipinski definition) is 4. The van der Waals surface area contributed by atoms with Gasteiger partial charge < -0.3 is 10.2 Å². The predicted octanol–water partition coefficient (Wildman–Crippen LogP) is 2.35. The molecule has 1 aliphatic rings. The van der Waals surface area contributed by atoms with E-state index in [0.717, 1.165) is 30.9 Å². The van der Waals surface area contributed by atoms with Crippen LogP contribution in [0.3, 0.4) is 0 Å². The number of rotatable bonds is 2. The van der Waals surface area contributed by atoms with Crippen LogP contribution in [-0.4, -0.2) is 30.6 Å². The van der Waals surface area contributed by atoms with Gasteiger partial charge in [0.2, 0.25) is 0 Å². The van der Waals surface area contributed by atoms with E-state index in [1.807, 2.05) is 6.92 Å². The van der Waals surface area contributed by atoms with Gasteiger partial charge in [0, 0.05) is 37.4 Å². The number of nitrogens with one attached hydrogen (secondary N) is 1. The fraction of sp³-hybridized carbons (Fsp3) is 0.500. The van der Waals surface area contributed by atoms with E-state index in [2.05, 4.69) is 17.1 Å². The normalized spacial score (nSPS) is 19.9. The quantitative estimate of drug-likeness (QED) is 0.661. The molecule has 1 atom stereocenters. The summed E-state index contributed by atoms with van der Waals surface area (Å²) < 4.78 is 0. The first kappa shape index (κ1) is 13.1. The summed E-state index contributed by atoms with van der Waals surface area (Å²) >= 11 is 5.97. The number of nitrogens with zero attached hydrogens (tertiary/aromatic N) is 2. The summed E-state index contributed by atoms with van der Waals surface area (Å²) in [5.41, 5.74) is 1.85. The smallest absolute Gasteiger partial charge is 0.288 e. The number of hydrogen-bond donors (Lipinski definition) is 1. The molecule has 18 heavy (non-hydrogen) atoms. The molecule has 0 saturated carbocycles. The SMILES string of the molecule is Cc1cc([N+](=O)[O-])c(Cl)cc1N1CCNC(C)C1. The number of benzene rings is 1. The summed E-state index contributed by atoms with van der Waals surface area (Å²) in [6, 6.07) is 3.66. The zero-order valence-electron chi connectivity index (χ0n) is 10.4. The molecule has 1 N–H and O–H groups in total. The van der Waals surface area contributed by atoms with Crippen molar-refractivity contribution in [2.75, 3.05) is 24.5 Å². The minimum absolute atomic E-state index is 0.0268. The van der Waals surface area contributed by atoms with Crippen LogP contribution in [0.2, 0.25) is 5.02 Å². The highest BCUT2D eigenvalue weighted by atomic mass is 35.5. The molecule has 0 radical (unpaired) electrons. The van der Waals surface area contributed by atoms with Gasteiger partial charge in [0.05, 0.1) is 4.92 Å². The van der Waals surface area contributed by atoms with E-state index in [1.165, 1.54) is 0 Å². The van der Waals surface area contributed by atoms with Crippen LogP contribution in [0, 0.1) is 17.0 Å². The molecule has 1 fully saturated rings. The van der Waals surface area contributed by atoms with Gasteiger partial charge in [-0.25, -0.2) is 0 Å². The van der Waals surface area contributed by atoms with Crippen molar-refractivity contribution in [3.8, 4) is 0 Å². The summed E-state index contributed by atoms with van der Waals surface area (Å²) in [7, 11) is 0. The first-order chi connectivity index (χ1) is 8.49. The van der Waals surface area contributed by atoms with Gasteiger partial charge in [-0.05, 0) is 25.5 Å². The van der Waals surface area contributed by atoms with Crippen LogP contribution in [0.5, 0.6) is 0 Å². The molecule has 0 spiro atoms. The van der Waals surface area contributed by atoms with Crippen LogP contribution in [0.15, 0.2) is 12.1 Å². The number of halogens is 1. The lowest BCUT2D eigenvalue weighted by molar-refractivity contribution is -0.384. The van der Waals surface area contributed by atoms with Gasteiger partial charge in [-0.3, -0.25) is 10.1 Å². The van der Waals surface area contributed by atoms with Gasteiger partial charge in [-0.2, -0.15) is 0 Å². The molecule has 1 unspecified atom stereocenters. The van der Waals surface area contributed by atoms with E-state index < -0.39 is 4.92 Å².